The van der Waals surface area contributed by atoms with Gasteiger partial charge < -0.3 is 15.0 Å². The first-order chi connectivity index (χ1) is 22.3. The first kappa shape index (κ1) is 35.2. The molecule has 0 aliphatic heterocycles. The summed E-state index contributed by atoms with van der Waals surface area (Å²) in [5.74, 6) is -1.18. The summed E-state index contributed by atoms with van der Waals surface area (Å²) >= 11 is 0. The molecular formula is C37H42FN3O5S. The molecule has 1 atom stereocenters. The molecule has 0 heterocycles. The normalized spacial score (nSPS) is 12.2. The molecule has 0 unspecified atom stereocenters. The van der Waals surface area contributed by atoms with E-state index in [9.17, 15) is 22.4 Å². The van der Waals surface area contributed by atoms with Crippen molar-refractivity contribution < 1.29 is 27.1 Å². The molecule has 0 aromatic heterocycles. The number of hydrogen-bond donors (Lipinski definition) is 1. The maximum Gasteiger partial charge on any atom is 0.264 e. The van der Waals surface area contributed by atoms with Crippen molar-refractivity contribution in [3.05, 3.63) is 126 Å². The minimum absolute atomic E-state index is 0.00130. The number of carbonyl (C=O) groups is 2. The van der Waals surface area contributed by atoms with Crippen molar-refractivity contribution in [3.8, 4) is 5.75 Å². The summed E-state index contributed by atoms with van der Waals surface area (Å²) in [5.41, 5.74) is 1.82. The SMILES string of the molecule is CCOc1ccccc1N(CC(=O)N(Cc1ccc(F)cc1)[C@H](Cc1ccccc1)C(=O)NC(C)(C)C)S(=O)(=O)c1ccc(C)cc1. The van der Waals surface area contributed by atoms with Crippen LogP contribution in [0.25, 0.3) is 0 Å². The molecule has 4 rings (SSSR count). The van der Waals surface area contributed by atoms with E-state index >= 15 is 0 Å². The van der Waals surface area contributed by atoms with Crippen LogP contribution in [0.3, 0.4) is 0 Å². The second-order valence-electron chi connectivity index (χ2n) is 12.3. The van der Waals surface area contributed by atoms with E-state index in [0.29, 0.717) is 5.56 Å². The van der Waals surface area contributed by atoms with Gasteiger partial charge in [-0.1, -0.05) is 72.3 Å². The van der Waals surface area contributed by atoms with Crippen LogP contribution < -0.4 is 14.4 Å². The van der Waals surface area contributed by atoms with Crippen molar-refractivity contribution in [1.29, 1.82) is 0 Å². The number of sulfonamides is 1. The van der Waals surface area contributed by atoms with Gasteiger partial charge in [0, 0.05) is 18.5 Å². The van der Waals surface area contributed by atoms with Gasteiger partial charge in [0.2, 0.25) is 11.8 Å². The van der Waals surface area contributed by atoms with Crippen LogP contribution >= 0.6 is 0 Å². The van der Waals surface area contributed by atoms with E-state index in [-0.39, 0.29) is 35.9 Å². The smallest absolute Gasteiger partial charge is 0.264 e. The summed E-state index contributed by atoms with van der Waals surface area (Å²) in [6, 6.07) is 26.9. The average molecular weight is 660 g/mol. The molecule has 0 fully saturated rings. The number of hydrogen-bond acceptors (Lipinski definition) is 5. The molecule has 4 aromatic rings. The molecule has 10 heteroatoms. The maximum atomic E-state index is 14.6. The standard InChI is InChI=1S/C37H42FN3O5S/c1-6-46-34-15-11-10-14-32(34)41(47(44,45)31-22-16-27(2)17-23-31)26-35(42)40(25-29-18-20-30(38)21-19-29)33(36(43)39-37(3,4)5)24-28-12-8-7-9-13-28/h7-23,33H,6,24-26H2,1-5H3,(H,39,43)/t33-/m1/s1. The number of amides is 2. The third kappa shape index (κ3) is 9.42. The largest absolute Gasteiger partial charge is 0.492 e. The Labute approximate surface area is 277 Å². The molecule has 2 amide bonds. The number of aryl methyl sites for hydroxylation is 1. The van der Waals surface area contributed by atoms with E-state index in [1.165, 1.54) is 29.2 Å². The Bertz CT molecular complexity index is 1760. The molecule has 0 aliphatic carbocycles. The number of halogens is 1. The zero-order valence-electron chi connectivity index (χ0n) is 27.4. The van der Waals surface area contributed by atoms with E-state index in [1.54, 1.807) is 55.5 Å². The maximum absolute atomic E-state index is 14.6. The summed E-state index contributed by atoms with van der Waals surface area (Å²) < 4.78 is 49.4. The fraction of sp³-hybridized carbons (Fsp3) is 0.297. The van der Waals surface area contributed by atoms with Crippen LogP contribution in [0.15, 0.2) is 108 Å². The quantitative estimate of drug-likeness (QED) is 0.182. The fourth-order valence-electron chi connectivity index (χ4n) is 5.08. The van der Waals surface area contributed by atoms with Crippen molar-refractivity contribution in [1.82, 2.24) is 10.2 Å². The lowest BCUT2D eigenvalue weighted by atomic mass is 10.0. The van der Waals surface area contributed by atoms with Crippen molar-refractivity contribution in [2.24, 2.45) is 0 Å². The van der Waals surface area contributed by atoms with Crippen molar-refractivity contribution in [3.63, 3.8) is 0 Å². The number of para-hydroxylation sites is 2. The number of ether oxygens (including phenoxy) is 1. The molecule has 8 nitrogen and oxygen atoms in total. The number of nitrogens with zero attached hydrogens (tertiary/aromatic N) is 2. The van der Waals surface area contributed by atoms with Crippen molar-refractivity contribution >= 4 is 27.5 Å². The highest BCUT2D eigenvalue weighted by molar-refractivity contribution is 7.92. The van der Waals surface area contributed by atoms with E-state index in [4.69, 9.17) is 4.74 Å². The zero-order chi connectivity index (χ0) is 34.2. The van der Waals surface area contributed by atoms with E-state index in [2.05, 4.69) is 5.32 Å². The number of benzene rings is 4. The minimum Gasteiger partial charge on any atom is -0.492 e. The molecule has 248 valence electrons. The Morgan fingerprint density at radius 1 is 0.851 bits per heavy atom. The summed E-state index contributed by atoms with van der Waals surface area (Å²) in [6.07, 6.45) is 0.163. The van der Waals surface area contributed by atoms with Gasteiger partial charge in [-0.05, 0) is 82.1 Å². The Kier molecular flexibility index (Phi) is 11.4. The number of carbonyl (C=O) groups excluding carboxylic acids is 2. The van der Waals surface area contributed by atoms with Gasteiger partial charge >= 0.3 is 0 Å². The average Bonchev–Trinajstić information content (AvgIpc) is 3.02. The molecule has 4 aromatic carbocycles. The number of nitrogens with one attached hydrogen (secondary N) is 1. The lowest BCUT2D eigenvalue weighted by Crippen LogP contribution is -2.56. The van der Waals surface area contributed by atoms with Gasteiger partial charge in [-0.3, -0.25) is 13.9 Å². The number of anilines is 1. The molecule has 0 aliphatic rings. The van der Waals surface area contributed by atoms with Crippen LogP contribution in [0, 0.1) is 12.7 Å². The summed E-state index contributed by atoms with van der Waals surface area (Å²) in [4.78, 5) is 30.0. The highest BCUT2D eigenvalue weighted by atomic mass is 32.2. The van der Waals surface area contributed by atoms with Gasteiger partial charge in [0.15, 0.2) is 0 Å². The van der Waals surface area contributed by atoms with Gasteiger partial charge in [-0.25, -0.2) is 12.8 Å². The highest BCUT2D eigenvalue weighted by Crippen LogP contribution is 2.33. The van der Waals surface area contributed by atoms with Crippen LogP contribution in [0.1, 0.15) is 44.4 Å². The van der Waals surface area contributed by atoms with E-state index < -0.39 is 45.8 Å². The van der Waals surface area contributed by atoms with E-state index in [0.717, 1.165) is 15.4 Å². The van der Waals surface area contributed by atoms with Crippen molar-refractivity contribution in [2.45, 2.75) is 64.1 Å². The van der Waals surface area contributed by atoms with Gasteiger partial charge in [0.25, 0.3) is 10.0 Å². The summed E-state index contributed by atoms with van der Waals surface area (Å²) in [7, 11) is -4.30. The van der Waals surface area contributed by atoms with Crippen molar-refractivity contribution in [2.75, 3.05) is 17.5 Å². The Hall–Kier alpha value is -4.70. The molecule has 0 saturated carbocycles. The van der Waals surface area contributed by atoms with Gasteiger partial charge in [0.05, 0.1) is 17.2 Å². The molecular weight excluding hydrogens is 617 g/mol. The monoisotopic (exact) mass is 659 g/mol. The first-order valence-electron chi connectivity index (χ1n) is 15.5. The topological polar surface area (TPSA) is 96.0 Å². The number of rotatable bonds is 13. The highest BCUT2D eigenvalue weighted by Gasteiger charge is 2.36. The van der Waals surface area contributed by atoms with Crippen LogP contribution in [0.5, 0.6) is 5.75 Å². The molecule has 1 N–H and O–H groups in total. The Morgan fingerprint density at radius 3 is 2.09 bits per heavy atom. The van der Waals surface area contributed by atoms with E-state index in [1.807, 2.05) is 58.0 Å². The van der Waals surface area contributed by atoms with Gasteiger partial charge in [-0.2, -0.15) is 0 Å². The summed E-state index contributed by atoms with van der Waals surface area (Å²) in [5, 5.41) is 3.00. The van der Waals surface area contributed by atoms with Crippen LogP contribution in [0.2, 0.25) is 0 Å². The van der Waals surface area contributed by atoms with Crippen LogP contribution in [0.4, 0.5) is 10.1 Å². The lowest BCUT2D eigenvalue weighted by Gasteiger charge is -2.35. The third-order valence-corrected chi connectivity index (χ3v) is 9.13. The predicted octanol–water partition coefficient (Wildman–Crippen LogP) is 6.28. The molecule has 0 spiro atoms. The minimum atomic E-state index is -4.30. The fourth-order valence-corrected chi connectivity index (χ4v) is 6.51. The molecule has 0 bridgehead atoms. The summed E-state index contributed by atoms with van der Waals surface area (Å²) in [6.45, 7) is 8.74. The van der Waals surface area contributed by atoms with Crippen LogP contribution in [-0.4, -0.2) is 49.9 Å². The van der Waals surface area contributed by atoms with Gasteiger partial charge in [0.1, 0.15) is 24.2 Å². The third-order valence-electron chi connectivity index (χ3n) is 7.36. The Morgan fingerprint density at radius 2 is 1.47 bits per heavy atom. The molecule has 0 radical (unpaired) electrons. The molecule has 47 heavy (non-hydrogen) atoms. The first-order valence-corrected chi connectivity index (χ1v) is 16.9. The molecule has 0 saturated heterocycles. The van der Waals surface area contributed by atoms with Crippen LogP contribution in [-0.2, 0) is 32.6 Å². The lowest BCUT2D eigenvalue weighted by molar-refractivity contribution is -0.140. The zero-order valence-corrected chi connectivity index (χ0v) is 28.3. The second-order valence-corrected chi connectivity index (χ2v) is 14.2. The predicted molar refractivity (Wildman–Crippen MR) is 182 cm³/mol. The Balaban J connectivity index is 1.85. The van der Waals surface area contributed by atoms with Gasteiger partial charge in [-0.15, -0.1) is 0 Å². The second kappa shape index (κ2) is 15.3.